The van der Waals surface area contributed by atoms with Gasteiger partial charge in [-0.05, 0) is 18.2 Å². The van der Waals surface area contributed by atoms with Gasteiger partial charge in [-0.2, -0.15) is 0 Å². The second-order valence-electron chi connectivity index (χ2n) is 4.68. The molecule has 3 aromatic rings. The molecule has 0 amide bonds. The summed E-state index contributed by atoms with van der Waals surface area (Å²) >= 11 is 11.2. The van der Waals surface area contributed by atoms with E-state index in [9.17, 15) is 0 Å². The van der Waals surface area contributed by atoms with Gasteiger partial charge in [-0.1, -0.05) is 22.9 Å². The Bertz CT molecular complexity index is 723. The number of alkyl halides is 1. The van der Waals surface area contributed by atoms with E-state index in [4.69, 9.17) is 11.6 Å². The van der Waals surface area contributed by atoms with Crippen LogP contribution in [0.1, 0.15) is 23.7 Å². The van der Waals surface area contributed by atoms with Crippen LogP contribution in [0.5, 0.6) is 0 Å². The normalized spacial score (nSPS) is 12.9. The van der Waals surface area contributed by atoms with E-state index in [-0.39, 0.29) is 0 Å². The second-order valence-corrected chi connectivity index (χ2v) is 6.79. The molecule has 104 valence electrons. The Hall–Kier alpha value is -0.910. The highest BCUT2D eigenvalue weighted by Gasteiger charge is 2.15. The molecule has 0 aliphatic heterocycles. The monoisotopic (exact) mass is 369 g/mol. The molecule has 3 nitrogen and oxygen atoms in total. The summed E-state index contributed by atoms with van der Waals surface area (Å²) in [7, 11) is 0. The average Bonchev–Trinajstić information content (AvgIpc) is 3.06. The summed E-state index contributed by atoms with van der Waals surface area (Å²) in [5.41, 5.74) is 2.09. The zero-order valence-electron chi connectivity index (χ0n) is 10.9. The lowest BCUT2D eigenvalue weighted by atomic mass is 10.2. The summed E-state index contributed by atoms with van der Waals surface area (Å²) in [5.74, 6) is 1.66. The first kappa shape index (κ1) is 14.0. The number of aromatic nitrogens is 3. The molecule has 0 bridgehead atoms. The molecular weight excluding hydrogens is 358 g/mol. The molecule has 0 saturated carbocycles. The van der Waals surface area contributed by atoms with E-state index in [0.717, 1.165) is 32.9 Å². The number of fused-ring (bicyclic) bond motifs is 1. The van der Waals surface area contributed by atoms with E-state index in [0.29, 0.717) is 11.8 Å². The molecule has 6 heteroatoms. The standard InChI is InChI=1S/C14H13BrClN3S/c1-9(14-17-4-5-20-14)8-19-12-3-2-10(15)6-11(12)18-13(19)7-16/h2-6,9H,7-8H2,1H3. The van der Waals surface area contributed by atoms with Crippen LogP contribution >= 0.6 is 38.9 Å². The first-order chi connectivity index (χ1) is 9.69. The fourth-order valence-corrected chi connectivity index (χ4v) is 3.53. The summed E-state index contributed by atoms with van der Waals surface area (Å²) in [5, 5.41) is 3.15. The van der Waals surface area contributed by atoms with Gasteiger partial charge in [0.25, 0.3) is 0 Å². The summed E-state index contributed by atoms with van der Waals surface area (Å²) in [6.07, 6.45) is 1.85. The van der Waals surface area contributed by atoms with Crippen LogP contribution in [0.15, 0.2) is 34.2 Å². The molecule has 0 aliphatic carbocycles. The van der Waals surface area contributed by atoms with E-state index in [1.807, 2.05) is 23.7 Å². The van der Waals surface area contributed by atoms with E-state index in [2.05, 4.69) is 43.5 Å². The average molecular weight is 371 g/mol. The molecule has 0 fully saturated rings. The number of hydrogen-bond donors (Lipinski definition) is 0. The Kier molecular flexibility index (Phi) is 4.10. The lowest BCUT2D eigenvalue weighted by Crippen LogP contribution is -2.08. The van der Waals surface area contributed by atoms with E-state index < -0.39 is 0 Å². The van der Waals surface area contributed by atoms with Crippen LogP contribution in [0.25, 0.3) is 11.0 Å². The van der Waals surface area contributed by atoms with Crippen molar-refractivity contribution in [3.8, 4) is 0 Å². The largest absolute Gasteiger partial charge is 0.326 e. The van der Waals surface area contributed by atoms with Crippen molar-refractivity contribution in [3.63, 3.8) is 0 Å². The third-order valence-corrected chi connectivity index (χ3v) is 4.98. The number of thiazole rings is 1. The van der Waals surface area contributed by atoms with Gasteiger partial charge in [0.2, 0.25) is 0 Å². The Morgan fingerprint density at radius 1 is 1.45 bits per heavy atom. The molecule has 0 spiro atoms. The van der Waals surface area contributed by atoms with Crippen LogP contribution in [-0.4, -0.2) is 14.5 Å². The first-order valence-corrected chi connectivity index (χ1v) is 8.49. The number of benzene rings is 1. The van der Waals surface area contributed by atoms with Crippen LogP contribution in [-0.2, 0) is 12.4 Å². The Morgan fingerprint density at radius 2 is 2.30 bits per heavy atom. The zero-order chi connectivity index (χ0) is 14.1. The molecule has 0 aliphatic rings. The summed E-state index contributed by atoms with van der Waals surface area (Å²) in [6.45, 7) is 3.02. The maximum atomic E-state index is 6.04. The molecule has 2 aromatic heterocycles. The minimum Gasteiger partial charge on any atom is -0.326 e. The Morgan fingerprint density at radius 3 is 3.00 bits per heavy atom. The number of nitrogens with zero attached hydrogens (tertiary/aromatic N) is 3. The van der Waals surface area contributed by atoms with Crippen molar-refractivity contribution in [2.45, 2.75) is 25.3 Å². The summed E-state index contributed by atoms with van der Waals surface area (Å²) in [4.78, 5) is 9.00. The van der Waals surface area contributed by atoms with Gasteiger partial charge in [0, 0.05) is 28.5 Å². The number of imidazole rings is 1. The van der Waals surface area contributed by atoms with Gasteiger partial charge in [-0.25, -0.2) is 9.97 Å². The molecule has 3 rings (SSSR count). The van der Waals surface area contributed by atoms with Gasteiger partial charge in [-0.15, -0.1) is 22.9 Å². The van der Waals surface area contributed by atoms with Gasteiger partial charge >= 0.3 is 0 Å². The molecule has 2 heterocycles. The van der Waals surface area contributed by atoms with Gasteiger partial charge in [0.05, 0.1) is 21.9 Å². The fourth-order valence-electron chi connectivity index (χ4n) is 2.29. The topological polar surface area (TPSA) is 30.7 Å². The van der Waals surface area contributed by atoms with Crippen molar-refractivity contribution in [1.82, 2.24) is 14.5 Å². The van der Waals surface area contributed by atoms with Crippen LogP contribution < -0.4 is 0 Å². The van der Waals surface area contributed by atoms with Crippen LogP contribution in [0.3, 0.4) is 0 Å². The van der Waals surface area contributed by atoms with Crippen molar-refractivity contribution in [2.75, 3.05) is 0 Å². The lowest BCUT2D eigenvalue weighted by Gasteiger charge is -2.12. The summed E-state index contributed by atoms with van der Waals surface area (Å²) < 4.78 is 3.23. The second kappa shape index (κ2) is 5.84. The minimum atomic E-state index is 0.345. The maximum absolute atomic E-state index is 6.04. The van der Waals surface area contributed by atoms with Crippen molar-refractivity contribution in [3.05, 3.63) is 45.1 Å². The van der Waals surface area contributed by atoms with Gasteiger partial charge in [0.15, 0.2) is 0 Å². The first-order valence-electron chi connectivity index (χ1n) is 6.29. The minimum absolute atomic E-state index is 0.345. The fraction of sp³-hybridized carbons (Fsp3) is 0.286. The van der Waals surface area contributed by atoms with Crippen LogP contribution in [0, 0.1) is 0 Å². The summed E-state index contributed by atoms with van der Waals surface area (Å²) in [6, 6.07) is 6.14. The predicted molar refractivity (Wildman–Crippen MR) is 87.5 cm³/mol. The van der Waals surface area contributed by atoms with E-state index >= 15 is 0 Å². The molecule has 0 N–H and O–H groups in total. The predicted octanol–water partition coefficient (Wildman–Crippen LogP) is 4.80. The Balaban J connectivity index is 2.01. The number of hydrogen-bond acceptors (Lipinski definition) is 3. The third-order valence-electron chi connectivity index (χ3n) is 3.24. The van der Waals surface area contributed by atoms with Gasteiger partial charge in [-0.3, -0.25) is 0 Å². The highest BCUT2D eigenvalue weighted by Crippen LogP contribution is 2.26. The molecule has 20 heavy (non-hydrogen) atoms. The third kappa shape index (κ3) is 2.62. The molecule has 0 radical (unpaired) electrons. The van der Waals surface area contributed by atoms with Crippen molar-refractivity contribution in [1.29, 1.82) is 0 Å². The Labute approximate surface area is 134 Å². The van der Waals surface area contributed by atoms with Gasteiger partial charge in [0.1, 0.15) is 5.82 Å². The van der Waals surface area contributed by atoms with Crippen molar-refractivity contribution >= 4 is 49.9 Å². The van der Waals surface area contributed by atoms with E-state index in [1.54, 1.807) is 11.3 Å². The maximum Gasteiger partial charge on any atom is 0.124 e. The molecule has 1 unspecified atom stereocenters. The van der Waals surface area contributed by atoms with Crippen molar-refractivity contribution in [2.24, 2.45) is 0 Å². The molecule has 1 aromatic carbocycles. The van der Waals surface area contributed by atoms with Crippen molar-refractivity contribution < 1.29 is 0 Å². The number of halogens is 2. The SMILES string of the molecule is CC(Cn1c(CCl)nc2cc(Br)ccc21)c1nccs1. The molecule has 1 atom stereocenters. The molecule has 0 saturated heterocycles. The number of rotatable bonds is 4. The van der Waals surface area contributed by atoms with Crippen LogP contribution in [0.2, 0.25) is 0 Å². The highest BCUT2D eigenvalue weighted by molar-refractivity contribution is 9.10. The van der Waals surface area contributed by atoms with Gasteiger partial charge < -0.3 is 4.57 Å². The van der Waals surface area contributed by atoms with E-state index in [1.165, 1.54) is 0 Å². The lowest BCUT2D eigenvalue weighted by molar-refractivity contribution is 0.592. The zero-order valence-corrected chi connectivity index (χ0v) is 14.0. The smallest absolute Gasteiger partial charge is 0.124 e. The van der Waals surface area contributed by atoms with Crippen LogP contribution in [0.4, 0.5) is 0 Å². The molecular formula is C14H13BrClN3S. The quantitative estimate of drug-likeness (QED) is 0.618. The highest BCUT2D eigenvalue weighted by atomic mass is 79.9.